The van der Waals surface area contributed by atoms with E-state index >= 15 is 0 Å². The lowest BCUT2D eigenvalue weighted by atomic mass is 10.1. The van der Waals surface area contributed by atoms with Crippen LogP contribution in [-0.4, -0.2) is 38.4 Å². The molecule has 0 unspecified atom stereocenters. The summed E-state index contributed by atoms with van der Waals surface area (Å²) < 4.78 is 53.9. The van der Waals surface area contributed by atoms with Crippen LogP contribution >= 0.6 is 12.4 Å². The Hall–Kier alpha value is -0.760. The lowest BCUT2D eigenvalue weighted by Gasteiger charge is -2.33. The number of nitrogens with one attached hydrogen (secondary N) is 1. The highest BCUT2D eigenvalue weighted by Crippen LogP contribution is 2.25. The van der Waals surface area contributed by atoms with Crippen molar-refractivity contribution in [3.05, 3.63) is 29.8 Å². The predicted molar refractivity (Wildman–Crippen MR) is 83.7 cm³/mol. The number of nitrogens with zero attached hydrogens (tertiary/aromatic N) is 1. The van der Waals surface area contributed by atoms with Crippen LogP contribution in [0.4, 0.5) is 8.78 Å². The van der Waals surface area contributed by atoms with Gasteiger partial charge in [0.05, 0.1) is 0 Å². The zero-order valence-corrected chi connectivity index (χ0v) is 14.0. The summed E-state index contributed by atoms with van der Waals surface area (Å²) in [7, 11) is -4.03. The van der Waals surface area contributed by atoms with Gasteiger partial charge in [0.25, 0.3) is 0 Å². The van der Waals surface area contributed by atoms with Crippen LogP contribution in [0.15, 0.2) is 23.1 Å². The van der Waals surface area contributed by atoms with Gasteiger partial charge in [0.2, 0.25) is 10.0 Å². The number of sulfonamides is 1. The molecule has 1 N–H and O–H groups in total. The van der Waals surface area contributed by atoms with Gasteiger partial charge < -0.3 is 5.32 Å². The molecule has 1 aromatic carbocycles. The molecule has 0 spiro atoms. The third kappa shape index (κ3) is 3.95. The standard InChI is InChI=1S/C14H20F2N2O2S.ClH/c1-2-10-18(11-6-8-17-9-7-11)21(19,20)13-5-3-4-12(15)14(13)16;/h3-5,11,17H,2,6-10H2,1H3;1H. The minimum atomic E-state index is -4.03. The minimum Gasteiger partial charge on any atom is -0.317 e. The van der Waals surface area contributed by atoms with E-state index in [2.05, 4.69) is 5.32 Å². The van der Waals surface area contributed by atoms with E-state index in [9.17, 15) is 17.2 Å². The SMILES string of the molecule is CCCN(C1CCNCC1)S(=O)(=O)c1cccc(F)c1F.Cl. The lowest BCUT2D eigenvalue weighted by molar-refractivity contribution is 0.261. The van der Waals surface area contributed by atoms with Crippen LogP contribution in [-0.2, 0) is 10.0 Å². The molecular weight excluding hydrogens is 334 g/mol. The van der Waals surface area contributed by atoms with Crippen LogP contribution in [0.25, 0.3) is 0 Å². The molecule has 0 amide bonds. The average Bonchev–Trinajstić information content (AvgIpc) is 2.48. The molecular formula is C14H21ClF2N2O2S. The first-order chi connectivity index (χ1) is 9.98. The van der Waals surface area contributed by atoms with Crippen LogP contribution in [0.3, 0.4) is 0 Å². The molecule has 22 heavy (non-hydrogen) atoms. The Kier molecular flexibility index (Phi) is 7.18. The van der Waals surface area contributed by atoms with Gasteiger partial charge in [0, 0.05) is 12.6 Å². The second-order valence-electron chi connectivity index (χ2n) is 5.15. The van der Waals surface area contributed by atoms with Crippen molar-refractivity contribution >= 4 is 22.4 Å². The fraction of sp³-hybridized carbons (Fsp3) is 0.571. The summed E-state index contributed by atoms with van der Waals surface area (Å²) >= 11 is 0. The molecule has 0 aliphatic carbocycles. The van der Waals surface area contributed by atoms with E-state index in [0.717, 1.165) is 25.2 Å². The van der Waals surface area contributed by atoms with Crippen molar-refractivity contribution in [2.24, 2.45) is 0 Å². The van der Waals surface area contributed by atoms with Gasteiger partial charge in [-0.05, 0) is 44.5 Å². The molecule has 1 saturated heterocycles. The molecule has 0 radical (unpaired) electrons. The Labute approximate surface area is 136 Å². The normalized spacial score (nSPS) is 16.5. The highest BCUT2D eigenvalue weighted by Gasteiger charge is 2.34. The number of benzene rings is 1. The number of hydrogen-bond donors (Lipinski definition) is 1. The fourth-order valence-corrected chi connectivity index (χ4v) is 4.48. The topological polar surface area (TPSA) is 49.4 Å². The second-order valence-corrected chi connectivity index (χ2v) is 7.01. The third-order valence-corrected chi connectivity index (χ3v) is 5.63. The predicted octanol–water partition coefficient (Wildman–Crippen LogP) is 2.54. The Morgan fingerprint density at radius 3 is 2.50 bits per heavy atom. The van der Waals surface area contributed by atoms with Crippen molar-refractivity contribution in [1.82, 2.24) is 9.62 Å². The van der Waals surface area contributed by atoms with Crippen molar-refractivity contribution in [1.29, 1.82) is 0 Å². The second kappa shape index (κ2) is 8.19. The first kappa shape index (κ1) is 19.3. The van der Waals surface area contributed by atoms with Crippen LogP contribution in [0.1, 0.15) is 26.2 Å². The van der Waals surface area contributed by atoms with Gasteiger partial charge >= 0.3 is 0 Å². The molecule has 0 atom stereocenters. The Morgan fingerprint density at radius 1 is 1.27 bits per heavy atom. The van der Waals surface area contributed by atoms with Crippen LogP contribution in [0, 0.1) is 11.6 Å². The molecule has 0 aromatic heterocycles. The van der Waals surface area contributed by atoms with Crippen LogP contribution < -0.4 is 5.32 Å². The van der Waals surface area contributed by atoms with Gasteiger partial charge in [-0.25, -0.2) is 17.2 Å². The first-order valence-corrected chi connectivity index (χ1v) is 8.59. The molecule has 2 rings (SSSR count). The van der Waals surface area contributed by atoms with Crippen LogP contribution in [0.2, 0.25) is 0 Å². The maximum atomic E-state index is 13.9. The molecule has 1 fully saturated rings. The van der Waals surface area contributed by atoms with E-state index in [4.69, 9.17) is 0 Å². The summed E-state index contributed by atoms with van der Waals surface area (Å²) in [6, 6.07) is 3.09. The summed E-state index contributed by atoms with van der Waals surface area (Å²) in [5.41, 5.74) is 0. The number of hydrogen-bond acceptors (Lipinski definition) is 3. The van der Waals surface area contributed by atoms with Crippen molar-refractivity contribution in [3.63, 3.8) is 0 Å². The Bertz CT molecular complexity index is 593. The maximum absolute atomic E-state index is 13.9. The van der Waals surface area contributed by atoms with E-state index < -0.39 is 26.6 Å². The molecule has 0 saturated carbocycles. The molecule has 1 aliphatic heterocycles. The molecule has 1 aliphatic rings. The third-order valence-electron chi connectivity index (χ3n) is 3.66. The van der Waals surface area contributed by atoms with Gasteiger partial charge in [0.1, 0.15) is 4.90 Å². The lowest BCUT2D eigenvalue weighted by Crippen LogP contribution is -2.46. The van der Waals surface area contributed by atoms with Crippen molar-refractivity contribution in [2.45, 2.75) is 37.1 Å². The molecule has 8 heteroatoms. The van der Waals surface area contributed by atoms with Gasteiger partial charge in [-0.1, -0.05) is 13.0 Å². The molecule has 4 nitrogen and oxygen atoms in total. The fourth-order valence-electron chi connectivity index (χ4n) is 2.62. The summed E-state index contributed by atoms with van der Waals surface area (Å²) in [5, 5.41) is 3.17. The van der Waals surface area contributed by atoms with Gasteiger partial charge in [-0.15, -0.1) is 12.4 Å². The van der Waals surface area contributed by atoms with E-state index in [1.165, 1.54) is 10.4 Å². The Morgan fingerprint density at radius 2 is 1.91 bits per heavy atom. The van der Waals surface area contributed by atoms with Gasteiger partial charge in [0.15, 0.2) is 11.6 Å². The van der Waals surface area contributed by atoms with Crippen LogP contribution in [0.5, 0.6) is 0 Å². The zero-order chi connectivity index (χ0) is 15.5. The highest BCUT2D eigenvalue weighted by molar-refractivity contribution is 7.89. The molecule has 1 aromatic rings. The molecule has 0 bridgehead atoms. The van der Waals surface area contributed by atoms with E-state index in [1.807, 2.05) is 6.92 Å². The number of rotatable bonds is 5. The monoisotopic (exact) mass is 354 g/mol. The highest BCUT2D eigenvalue weighted by atomic mass is 35.5. The van der Waals surface area contributed by atoms with Crippen molar-refractivity contribution in [3.8, 4) is 0 Å². The summed E-state index contributed by atoms with van der Waals surface area (Å²) in [6.45, 7) is 3.63. The Balaban J connectivity index is 0.00000242. The number of halogens is 3. The average molecular weight is 355 g/mol. The summed E-state index contributed by atoms with van der Waals surface area (Å²) in [4.78, 5) is -0.575. The van der Waals surface area contributed by atoms with E-state index in [1.54, 1.807) is 0 Å². The van der Waals surface area contributed by atoms with E-state index in [0.29, 0.717) is 25.8 Å². The smallest absolute Gasteiger partial charge is 0.246 e. The largest absolute Gasteiger partial charge is 0.317 e. The van der Waals surface area contributed by atoms with E-state index in [-0.39, 0.29) is 18.4 Å². The minimum absolute atomic E-state index is 0. The molecule has 126 valence electrons. The first-order valence-electron chi connectivity index (χ1n) is 7.15. The summed E-state index contributed by atoms with van der Waals surface area (Å²) in [6.07, 6.45) is 1.98. The van der Waals surface area contributed by atoms with Gasteiger partial charge in [-0.2, -0.15) is 4.31 Å². The molecule has 1 heterocycles. The zero-order valence-electron chi connectivity index (χ0n) is 12.4. The number of piperidine rings is 1. The summed E-state index contributed by atoms with van der Waals surface area (Å²) in [5.74, 6) is -2.44. The van der Waals surface area contributed by atoms with Gasteiger partial charge in [-0.3, -0.25) is 0 Å². The maximum Gasteiger partial charge on any atom is 0.246 e. The van der Waals surface area contributed by atoms with Crippen molar-refractivity contribution < 1.29 is 17.2 Å². The van der Waals surface area contributed by atoms with Crippen molar-refractivity contribution in [2.75, 3.05) is 19.6 Å². The quantitative estimate of drug-likeness (QED) is 0.884.